The Morgan fingerprint density at radius 3 is 2.41 bits per heavy atom. The predicted octanol–water partition coefficient (Wildman–Crippen LogP) is 5.81. The minimum absolute atomic E-state index is 0.0287. The highest BCUT2D eigenvalue weighted by atomic mass is 32.2. The largest absolute Gasteiger partial charge is 0.485 e. The van der Waals surface area contributed by atoms with E-state index < -0.39 is 50.9 Å². The second kappa shape index (κ2) is 12.0. The van der Waals surface area contributed by atoms with Crippen LogP contribution in [0.2, 0.25) is 0 Å². The van der Waals surface area contributed by atoms with E-state index in [9.17, 15) is 39.6 Å². The summed E-state index contributed by atoms with van der Waals surface area (Å²) in [6.45, 7) is -2.09. The Balaban J connectivity index is 1.35. The number of methoxy groups -OCH3 is 1. The molecule has 3 atom stereocenters. The van der Waals surface area contributed by atoms with Gasteiger partial charge in [-0.3, -0.25) is 14.0 Å². The summed E-state index contributed by atoms with van der Waals surface area (Å²) in [4.78, 5) is 13.6. The number of sulfonamides is 1. The van der Waals surface area contributed by atoms with Crippen molar-refractivity contribution in [2.24, 2.45) is 17.8 Å². The highest BCUT2D eigenvalue weighted by molar-refractivity contribution is 7.92. The molecule has 0 N–H and O–H groups in total. The number of hydrogen-bond donors (Lipinski definition) is 0. The van der Waals surface area contributed by atoms with Crippen LogP contribution in [0.1, 0.15) is 12.0 Å². The van der Waals surface area contributed by atoms with Crippen LogP contribution in [0, 0.1) is 23.6 Å². The average molecular weight is 671 g/mol. The van der Waals surface area contributed by atoms with Crippen molar-refractivity contribution in [2.75, 3.05) is 37.6 Å². The van der Waals surface area contributed by atoms with Crippen LogP contribution in [0.15, 0.2) is 65.6 Å². The maximum absolute atomic E-state index is 14.3. The quantitative estimate of drug-likeness (QED) is 0.221. The van der Waals surface area contributed by atoms with Crippen LogP contribution in [0.5, 0.6) is 11.5 Å². The molecule has 0 spiro atoms. The molecule has 0 aromatic heterocycles. The monoisotopic (exact) mass is 670 g/mol. The summed E-state index contributed by atoms with van der Waals surface area (Å²) in [6, 6.07) is 10.6. The van der Waals surface area contributed by atoms with Crippen LogP contribution in [-0.2, 0) is 25.7 Å². The van der Waals surface area contributed by atoms with E-state index in [2.05, 4.69) is 9.64 Å². The Morgan fingerprint density at radius 1 is 1.00 bits per heavy atom. The van der Waals surface area contributed by atoms with Crippen LogP contribution in [0.4, 0.5) is 32.0 Å². The molecular weight excluding hydrogens is 642 g/mol. The fourth-order valence-corrected chi connectivity index (χ4v) is 8.16. The molecule has 4 aliphatic rings. The van der Waals surface area contributed by atoms with Gasteiger partial charge in [-0.2, -0.15) is 22.0 Å². The van der Waals surface area contributed by atoms with Gasteiger partial charge < -0.3 is 14.2 Å². The van der Waals surface area contributed by atoms with Crippen LogP contribution < -0.4 is 13.8 Å². The first kappa shape index (κ1) is 32.0. The minimum atomic E-state index is -4.79. The van der Waals surface area contributed by atoms with Gasteiger partial charge in [0.2, 0.25) is 0 Å². The predicted molar refractivity (Wildman–Crippen MR) is 152 cm³/mol. The summed E-state index contributed by atoms with van der Waals surface area (Å²) in [6.07, 6.45) is -4.67. The smallest absolute Gasteiger partial charge is 0.416 e. The maximum Gasteiger partial charge on any atom is 0.416 e. The molecule has 46 heavy (non-hydrogen) atoms. The molecule has 246 valence electrons. The molecule has 3 heterocycles. The number of carbonyl (C=O) groups excluding carboxylic acids is 1. The summed E-state index contributed by atoms with van der Waals surface area (Å²) in [5.41, 5.74) is -0.872. The molecule has 3 aromatic rings. The number of hydrogen-bond acceptors (Lipinski definition) is 7. The van der Waals surface area contributed by atoms with E-state index in [-0.39, 0.29) is 59.4 Å². The van der Waals surface area contributed by atoms with Gasteiger partial charge in [0, 0.05) is 25.7 Å². The number of ether oxygens (including phenoxy) is 3. The SMILES string of the molecule is COC(=O)C1C2CC1CN(C[C@H]1CN(S(=O)(=O)c3cccc(C(F)(F)F)c3)c3cc(-c4cc(F)cc(OC(F)F)c4)ccc3O1)C2. The Kier molecular flexibility index (Phi) is 8.34. The number of nitrogens with zero attached hydrogens (tertiary/aromatic N) is 2. The second-order valence-corrected chi connectivity index (χ2v) is 13.4. The molecule has 0 radical (unpaired) electrons. The first-order valence-corrected chi connectivity index (χ1v) is 15.7. The van der Waals surface area contributed by atoms with Crippen LogP contribution in [0.3, 0.4) is 0 Å². The summed E-state index contributed by atoms with van der Waals surface area (Å²) >= 11 is 0. The van der Waals surface area contributed by atoms with E-state index in [0.29, 0.717) is 19.2 Å². The summed E-state index contributed by atoms with van der Waals surface area (Å²) in [7, 11) is -3.27. The molecule has 2 saturated heterocycles. The lowest BCUT2D eigenvalue weighted by Crippen LogP contribution is -2.60. The zero-order chi connectivity index (χ0) is 33.0. The fraction of sp³-hybridized carbons (Fsp3) is 0.387. The average Bonchev–Trinajstić information content (AvgIpc) is 2.99. The molecule has 3 aliphatic heterocycles. The van der Waals surface area contributed by atoms with Gasteiger partial charge in [0.1, 0.15) is 23.4 Å². The lowest BCUT2D eigenvalue weighted by Gasteiger charge is -2.52. The molecule has 8 nitrogen and oxygen atoms in total. The number of carbonyl (C=O) groups is 1. The van der Waals surface area contributed by atoms with Crippen molar-refractivity contribution in [1.82, 2.24) is 4.90 Å². The highest BCUT2D eigenvalue weighted by Crippen LogP contribution is 2.47. The third kappa shape index (κ3) is 6.21. The number of benzene rings is 3. The van der Waals surface area contributed by atoms with E-state index >= 15 is 0 Å². The fourth-order valence-electron chi connectivity index (χ4n) is 6.62. The number of alkyl halides is 5. The zero-order valence-corrected chi connectivity index (χ0v) is 25.0. The normalized spacial score (nSPS) is 22.9. The summed E-state index contributed by atoms with van der Waals surface area (Å²) in [5.74, 6) is -1.53. The van der Waals surface area contributed by atoms with Gasteiger partial charge in [-0.15, -0.1) is 0 Å². The molecule has 0 amide bonds. The zero-order valence-electron chi connectivity index (χ0n) is 24.2. The molecule has 3 aromatic carbocycles. The Morgan fingerprint density at radius 2 is 1.74 bits per heavy atom. The van der Waals surface area contributed by atoms with Gasteiger partial charge in [-0.25, -0.2) is 12.8 Å². The Bertz CT molecular complexity index is 1740. The third-order valence-corrected chi connectivity index (χ3v) is 10.4. The highest BCUT2D eigenvalue weighted by Gasteiger charge is 2.51. The molecule has 1 aliphatic carbocycles. The van der Waals surface area contributed by atoms with Crippen molar-refractivity contribution in [3.63, 3.8) is 0 Å². The first-order chi connectivity index (χ1) is 21.7. The number of anilines is 1. The Hall–Kier alpha value is -3.98. The molecule has 2 bridgehead atoms. The number of esters is 1. The van der Waals surface area contributed by atoms with Crippen LogP contribution in [-0.4, -0.2) is 65.3 Å². The van der Waals surface area contributed by atoms with E-state index in [4.69, 9.17) is 9.47 Å². The van der Waals surface area contributed by atoms with Crippen molar-refractivity contribution in [2.45, 2.75) is 30.2 Å². The van der Waals surface area contributed by atoms with E-state index in [1.165, 1.54) is 25.3 Å². The summed E-state index contributed by atoms with van der Waals surface area (Å²) in [5, 5.41) is 0. The lowest BCUT2D eigenvalue weighted by molar-refractivity contribution is -0.163. The third-order valence-electron chi connectivity index (χ3n) is 8.61. The van der Waals surface area contributed by atoms with Crippen LogP contribution >= 0.6 is 0 Å². The van der Waals surface area contributed by atoms with E-state index in [1.54, 1.807) is 0 Å². The number of fused-ring (bicyclic) bond motifs is 3. The van der Waals surface area contributed by atoms with Crippen molar-refractivity contribution < 1.29 is 53.8 Å². The van der Waals surface area contributed by atoms with Gasteiger partial charge in [0.15, 0.2) is 0 Å². The topological polar surface area (TPSA) is 85.4 Å². The molecular formula is C31H28F6N2O6S. The summed E-state index contributed by atoms with van der Waals surface area (Å²) < 4.78 is 125. The Labute approximate surface area is 260 Å². The van der Waals surface area contributed by atoms with Crippen molar-refractivity contribution in [3.05, 3.63) is 72.0 Å². The molecule has 2 unspecified atom stereocenters. The second-order valence-electron chi connectivity index (χ2n) is 11.6. The van der Waals surface area contributed by atoms with Gasteiger partial charge in [0.05, 0.1) is 35.7 Å². The maximum atomic E-state index is 14.3. The molecule has 15 heteroatoms. The minimum Gasteiger partial charge on any atom is -0.485 e. The standard InChI is InChI=1S/C31H28F6N2O6S/c1-43-29(40)28-19-7-20(28)14-38(13-19)15-24-16-39(46(41,42)25-4-2-3-21(11-25)31(35,36)37)26-10-17(5-6-27(26)44-24)18-8-22(32)12-23(9-18)45-30(33)34/h2-6,8-12,19-20,24,28,30H,7,13-16H2,1H3/t19?,20?,24-,28?/m0/s1. The van der Waals surface area contributed by atoms with Gasteiger partial charge >= 0.3 is 18.8 Å². The molecule has 1 saturated carbocycles. The van der Waals surface area contributed by atoms with Crippen molar-refractivity contribution in [3.8, 4) is 22.6 Å². The van der Waals surface area contributed by atoms with Crippen molar-refractivity contribution in [1.29, 1.82) is 0 Å². The van der Waals surface area contributed by atoms with Gasteiger partial charge in [-0.1, -0.05) is 12.1 Å². The van der Waals surface area contributed by atoms with E-state index in [0.717, 1.165) is 47.1 Å². The number of rotatable bonds is 8. The van der Waals surface area contributed by atoms with E-state index in [1.807, 2.05) is 0 Å². The number of halogens is 6. The molecule has 7 rings (SSSR count). The lowest BCUT2D eigenvalue weighted by atomic mass is 9.61. The van der Waals surface area contributed by atoms with Crippen LogP contribution in [0.25, 0.3) is 11.1 Å². The number of piperidine rings is 2. The van der Waals surface area contributed by atoms with Gasteiger partial charge in [0.25, 0.3) is 10.0 Å². The van der Waals surface area contributed by atoms with Crippen molar-refractivity contribution >= 4 is 21.7 Å². The first-order valence-electron chi connectivity index (χ1n) is 14.3. The van der Waals surface area contributed by atoms with Gasteiger partial charge in [-0.05, 0) is 71.8 Å². The molecule has 3 fully saturated rings.